The van der Waals surface area contributed by atoms with E-state index in [0.717, 1.165) is 10.0 Å². The molecule has 0 unspecified atom stereocenters. The lowest BCUT2D eigenvalue weighted by Crippen LogP contribution is -2.15. The van der Waals surface area contributed by atoms with Crippen LogP contribution in [0.1, 0.15) is 11.4 Å². The van der Waals surface area contributed by atoms with Crippen LogP contribution in [0.15, 0.2) is 46.0 Å². The molecule has 0 radical (unpaired) electrons. The second-order valence-electron chi connectivity index (χ2n) is 6.14. The Labute approximate surface area is 191 Å². The maximum Gasteiger partial charge on any atom is 0.234 e. The zero-order valence-corrected chi connectivity index (χ0v) is 19.5. The quantitative estimate of drug-likeness (QED) is 0.420. The van der Waals surface area contributed by atoms with Gasteiger partial charge in [-0.1, -0.05) is 57.0 Å². The van der Waals surface area contributed by atoms with E-state index in [2.05, 4.69) is 31.4 Å². The van der Waals surface area contributed by atoms with Crippen molar-refractivity contribution < 1.29 is 9.53 Å². The molecule has 6 nitrogen and oxygen atoms in total. The third-order valence-corrected chi connectivity index (χ3v) is 6.04. The van der Waals surface area contributed by atoms with Crippen LogP contribution in [0.2, 0.25) is 10.0 Å². The van der Waals surface area contributed by atoms with Crippen molar-refractivity contribution >= 4 is 62.5 Å². The van der Waals surface area contributed by atoms with Gasteiger partial charge >= 0.3 is 0 Å². The second kappa shape index (κ2) is 9.84. The molecule has 0 spiro atoms. The number of halogens is 3. The molecular formula is C19H17BrCl2N4O2S. The first kappa shape index (κ1) is 22.0. The topological polar surface area (TPSA) is 69.0 Å². The number of benzene rings is 2. The summed E-state index contributed by atoms with van der Waals surface area (Å²) in [5.41, 5.74) is 1.61. The predicted molar refractivity (Wildman–Crippen MR) is 120 cm³/mol. The van der Waals surface area contributed by atoms with Crippen LogP contribution in [0.5, 0.6) is 5.75 Å². The van der Waals surface area contributed by atoms with Crippen LogP contribution in [0, 0.1) is 6.92 Å². The predicted octanol–water partition coefficient (Wildman–Crippen LogP) is 5.50. The van der Waals surface area contributed by atoms with E-state index in [1.807, 2.05) is 32.2 Å². The Morgan fingerprint density at radius 3 is 2.76 bits per heavy atom. The molecule has 0 saturated carbocycles. The van der Waals surface area contributed by atoms with Crippen molar-refractivity contribution in [2.75, 3.05) is 11.1 Å². The fourth-order valence-corrected chi connectivity index (χ4v) is 3.99. The minimum absolute atomic E-state index is 0.170. The number of thioether (sulfide) groups is 1. The van der Waals surface area contributed by atoms with Gasteiger partial charge in [0.25, 0.3) is 0 Å². The van der Waals surface area contributed by atoms with Crippen molar-refractivity contribution in [2.24, 2.45) is 7.05 Å². The summed E-state index contributed by atoms with van der Waals surface area (Å²) in [4.78, 5) is 12.2. The fourth-order valence-electron chi connectivity index (χ4n) is 2.37. The van der Waals surface area contributed by atoms with Crippen molar-refractivity contribution in [1.82, 2.24) is 14.8 Å². The molecule has 0 bridgehead atoms. The highest BCUT2D eigenvalue weighted by atomic mass is 79.9. The van der Waals surface area contributed by atoms with E-state index in [4.69, 9.17) is 27.9 Å². The van der Waals surface area contributed by atoms with Gasteiger partial charge in [-0.05, 0) is 42.8 Å². The molecule has 0 fully saturated rings. The van der Waals surface area contributed by atoms with Gasteiger partial charge in [-0.25, -0.2) is 0 Å². The molecule has 1 N–H and O–H groups in total. The summed E-state index contributed by atoms with van der Waals surface area (Å²) < 4.78 is 8.39. The number of ether oxygens (including phenoxy) is 1. The molecular weight excluding hydrogens is 499 g/mol. The van der Waals surface area contributed by atoms with Crippen LogP contribution in [-0.4, -0.2) is 26.4 Å². The highest BCUT2D eigenvalue weighted by molar-refractivity contribution is 9.10. The molecule has 0 atom stereocenters. The Bertz CT molecular complexity index is 1050. The molecule has 10 heteroatoms. The number of carbonyl (C=O) groups excluding carboxylic acids is 1. The smallest absolute Gasteiger partial charge is 0.234 e. The van der Waals surface area contributed by atoms with Crippen LogP contribution in [0.25, 0.3) is 0 Å². The molecule has 152 valence electrons. The van der Waals surface area contributed by atoms with Gasteiger partial charge < -0.3 is 14.6 Å². The number of hydrogen-bond donors (Lipinski definition) is 1. The van der Waals surface area contributed by atoms with E-state index in [1.165, 1.54) is 11.8 Å². The molecule has 1 heterocycles. The number of anilines is 1. The minimum atomic E-state index is -0.188. The monoisotopic (exact) mass is 514 g/mol. The van der Waals surface area contributed by atoms with E-state index in [-0.39, 0.29) is 18.3 Å². The Balaban J connectivity index is 1.56. The Kier molecular flexibility index (Phi) is 7.45. The molecule has 3 rings (SSSR count). The summed E-state index contributed by atoms with van der Waals surface area (Å²) >= 11 is 16.9. The van der Waals surface area contributed by atoms with Crippen LogP contribution >= 0.6 is 50.9 Å². The maximum absolute atomic E-state index is 12.2. The maximum atomic E-state index is 12.2. The lowest BCUT2D eigenvalue weighted by atomic mass is 10.2. The summed E-state index contributed by atoms with van der Waals surface area (Å²) in [6.45, 7) is 2.18. The highest BCUT2D eigenvalue weighted by Gasteiger charge is 2.13. The molecule has 1 aromatic heterocycles. The lowest BCUT2D eigenvalue weighted by Gasteiger charge is -2.09. The van der Waals surface area contributed by atoms with Gasteiger partial charge in [0.15, 0.2) is 11.0 Å². The fraction of sp³-hybridized carbons (Fsp3) is 0.211. The largest absolute Gasteiger partial charge is 0.484 e. The minimum Gasteiger partial charge on any atom is -0.484 e. The van der Waals surface area contributed by atoms with E-state index >= 15 is 0 Å². The van der Waals surface area contributed by atoms with E-state index in [0.29, 0.717) is 32.5 Å². The number of rotatable bonds is 7. The Hall–Kier alpha value is -1.74. The number of aryl methyl sites for hydroxylation is 1. The third kappa shape index (κ3) is 5.88. The number of aromatic nitrogens is 3. The molecule has 0 saturated heterocycles. The molecule has 0 aliphatic heterocycles. The molecule has 29 heavy (non-hydrogen) atoms. The van der Waals surface area contributed by atoms with Crippen molar-refractivity contribution in [3.8, 4) is 5.75 Å². The molecule has 0 aliphatic rings. The lowest BCUT2D eigenvalue weighted by molar-refractivity contribution is -0.113. The van der Waals surface area contributed by atoms with Gasteiger partial charge in [-0.2, -0.15) is 0 Å². The number of carbonyl (C=O) groups is 1. The van der Waals surface area contributed by atoms with Gasteiger partial charge in [0.05, 0.1) is 21.5 Å². The van der Waals surface area contributed by atoms with Gasteiger partial charge in [-0.15, -0.1) is 10.2 Å². The van der Waals surface area contributed by atoms with E-state index < -0.39 is 0 Å². The number of nitrogens with zero attached hydrogens (tertiary/aromatic N) is 3. The second-order valence-corrected chi connectivity index (χ2v) is 8.81. The first-order valence-electron chi connectivity index (χ1n) is 8.48. The van der Waals surface area contributed by atoms with E-state index in [1.54, 1.807) is 22.8 Å². The summed E-state index contributed by atoms with van der Waals surface area (Å²) in [6.07, 6.45) is 0. The van der Waals surface area contributed by atoms with Crippen LogP contribution in [0.4, 0.5) is 5.69 Å². The first-order chi connectivity index (χ1) is 13.8. The number of amides is 1. The number of nitrogens with one attached hydrogen (secondary N) is 1. The van der Waals surface area contributed by atoms with Crippen molar-refractivity contribution in [3.05, 3.63) is 62.3 Å². The summed E-state index contributed by atoms with van der Waals surface area (Å²) in [5.74, 6) is 1.20. The summed E-state index contributed by atoms with van der Waals surface area (Å²) in [7, 11) is 1.82. The average Bonchev–Trinajstić information content (AvgIpc) is 3.03. The van der Waals surface area contributed by atoms with Crippen LogP contribution in [-0.2, 0) is 18.4 Å². The van der Waals surface area contributed by atoms with Crippen molar-refractivity contribution in [1.29, 1.82) is 0 Å². The molecule has 2 aromatic carbocycles. The summed E-state index contributed by atoms with van der Waals surface area (Å²) in [6, 6.07) is 10.8. The third-order valence-electron chi connectivity index (χ3n) is 3.91. The molecule has 3 aromatic rings. The highest BCUT2D eigenvalue weighted by Crippen LogP contribution is 2.27. The molecule has 0 aliphatic carbocycles. The molecule has 1 amide bonds. The zero-order valence-electron chi connectivity index (χ0n) is 15.6. The first-order valence-corrected chi connectivity index (χ1v) is 11.0. The average molecular weight is 516 g/mol. The zero-order chi connectivity index (χ0) is 21.0. The van der Waals surface area contributed by atoms with Gasteiger partial charge in [-0.3, -0.25) is 4.79 Å². The SMILES string of the molecule is Cc1ccc(Cl)c(OCc2nnc(SCC(=O)Nc3ccc(Br)cc3Cl)n2C)c1. The Morgan fingerprint density at radius 2 is 2.00 bits per heavy atom. The van der Waals surface area contributed by atoms with Crippen LogP contribution in [0.3, 0.4) is 0 Å². The van der Waals surface area contributed by atoms with Crippen LogP contribution < -0.4 is 10.1 Å². The standard InChI is InChI=1S/C19H17BrCl2N4O2S/c1-11-3-5-13(21)16(7-11)28-9-17-24-25-19(26(17)2)29-10-18(27)23-15-6-4-12(20)8-14(15)22/h3-8H,9-10H2,1-2H3,(H,23,27). The number of hydrogen-bond acceptors (Lipinski definition) is 5. The normalized spacial score (nSPS) is 10.8. The van der Waals surface area contributed by atoms with Crippen molar-refractivity contribution in [3.63, 3.8) is 0 Å². The summed E-state index contributed by atoms with van der Waals surface area (Å²) in [5, 5.41) is 12.7. The Morgan fingerprint density at radius 1 is 1.21 bits per heavy atom. The van der Waals surface area contributed by atoms with Crippen molar-refractivity contribution in [2.45, 2.75) is 18.7 Å². The van der Waals surface area contributed by atoms with E-state index in [9.17, 15) is 4.79 Å². The van der Waals surface area contributed by atoms with Gasteiger partial charge in [0, 0.05) is 11.5 Å². The van der Waals surface area contributed by atoms with Gasteiger partial charge in [0.1, 0.15) is 12.4 Å². The van der Waals surface area contributed by atoms with Gasteiger partial charge in [0.2, 0.25) is 5.91 Å².